The van der Waals surface area contributed by atoms with Gasteiger partial charge in [0.25, 0.3) is 0 Å². The van der Waals surface area contributed by atoms with Crippen molar-refractivity contribution in [2.24, 2.45) is 5.73 Å². The average Bonchev–Trinajstić information content (AvgIpc) is 2.81. The third kappa shape index (κ3) is 3.09. The number of furan rings is 1. The van der Waals surface area contributed by atoms with Gasteiger partial charge in [0.2, 0.25) is 10.0 Å². The Kier molecular flexibility index (Phi) is 4.91. The molecule has 0 saturated carbocycles. The first-order valence-electron chi connectivity index (χ1n) is 6.51. The fraction of sp³-hybridized carbons (Fsp3) is 0.667. The van der Waals surface area contributed by atoms with Gasteiger partial charge in [0.1, 0.15) is 10.7 Å². The van der Waals surface area contributed by atoms with Crippen molar-refractivity contribution in [3.05, 3.63) is 16.5 Å². The molecular formula is C12H20BrN3O3S. The van der Waals surface area contributed by atoms with Gasteiger partial charge >= 0.3 is 0 Å². The molecule has 1 aliphatic heterocycles. The summed E-state index contributed by atoms with van der Waals surface area (Å²) >= 11 is 3.16. The fourth-order valence-corrected chi connectivity index (χ4v) is 4.76. The number of sulfonamides is 1. The van der Waals surface area contributed by atoms with E-state index in [2.05, 4.69) is 20.8 Å². The van der Waals surface area contributed by atoms with Gasteiger partial charge < -0.3 is 15.1 Å². The lowest BCUT2D eigenvalue weighted by Crippen LogP contribution is -2.44. The summed E-state index contributed by atoms with van der Waals surface area (Å²) in [5.41, 5.74) is 5.48. The van der Waals surface area contributed by atoms with E-state index in [1.807, 2.05) is 7.05 Å². The lowest BCUT2D eigenvalue weighted by atomic mass is 10.1. The average molecular weight is 366 g/mol. The van der Waals surface area contributed by atoms with Crippen LogP contribution in [-0.2, 0) is 16.6 Å². The molecule has 0 amide bonds. The van der Waals surface area contributed by atoms with E-state index in [1.165, 1.54) is 10.4 Å². The van der Waals surface area contributed by atoms with Crippen LogP contribution in [0.5, 0.6) is 0 Å². The summed E-state index contributed by atoms with van der Waals surface area (Å²) in [7, 11) is 0.121. The van der Waals surface area contributed by atoms with Crippen LogP contribution in [0.3, 0.4) is 0 Å². The highest BCUT2D eigenvalue weighted by atomic mass is 79.9. The van der Waals surface area contributed by atoms with Crippen molar-refractivity contribution in [2.45, 2.75) is 30.3 Å². The number of halogens is 1. The summed E-state index contributed by atoms with van der Waals surface area (Å²) in [6, 6.07) is 1.52. The number of nitrogens with two attached hydrogens (primary N) is 1. The Bertz CT molecular complexity index is 565. The summed E-state index contributed by atoms with van der Waals surface area (Å²) in [5.74, 6) is 0.451. The van der Waals surface area contributed by atoms with Crippen LogP contribution in [0.1, 0.15) is 18.6 Å². The summed E-state index contributed by atoms with van der Waals surface area (Å²) in [5, 5.41) is 0. The fourth-order valence-electron chi connectivity index (χ4n) is 2.38. The number of hydrogen-bond acceptors (Lipinski definition) is 5. The zero-order valence-electron chi connectivity index (χ0n) is 11.7. The normalized spacial score (nSPS) is 18.9. The van der Waals surface area contributed by atoms with Crippen LogP contribution in [0, 0.1) is 0 Å². The lowest BCUT2D eigenvalue weighted by Gasteiger charge is -2.34. The standard InChI is InChI=1S/C12H20BrN3O3S/c1-15-5-3-9(4-6-15)16(2)20(17,18)11-7-10(8-14)19-12(11)13/h7,9H,3-6,8,14H2,1-2H3. The van der Waals surface area contributed by atoms with Gasteiger partial charge in [-0.05, 0) is 48.9 Å². The van der Waals surface area contributed by atoms with Gasteiger partial charge in [0.05, 0.1) is 6.54 Å². The molecule has 0 atom stereocenters. The molecule has 1 aromatic heterocycles. The van der Waals surface area contributed by atoms with Crippen molar-refractivity contribution >= 4 is 26.0 Å². The molecule has 2 rings (SSSR count). The zero-order valence-corrected chi connectivity index (χ0v) is 14.1. The van der Waals surface area contributed by atoms with Crippen molar-refractivity contribution in [3.63, 3.8) is 0 Å². The molecule has 1 aliphatic rings. The summed E-state index contributed by atoms with van der Waals surface area (Å²) in [4.78, 5) is 2.36. The van der Waals surface area contributed by atoms with E-state index < -0.39 is 10.0 Å². The molecule has 6 nitrogen and oxygen atoms in total. The molecule has 1 fully saturated rings. The second kappa shape index (κ2) is 6.15. The molecule has 2 N–H and O–H groups in total. The maximum Gasteiger partial charge on any atom is 0.247 e. The Morgan fingerprint density at radius 2 is 2.10 bits per heavy atom. The predicted molar refractivity (Wildman–Crippen MR) is 79.8 cm³/mol. The minimum Gasteiger partial charge on any atom is -0.452 e. The highest BCUT2D eigenvalue weighted by Crippen LogP contribution is 2.30. The summed E-state index contributed by atoms with van der Waals surface area (Å²) in [6.45, 7) is 1.99. The topological polar surface area (TPSA) is 79.8 Å². The Morgan fingerprint density at radius 3 is 2.60 bits per heavy atom. The van der Waals surface area contributed by atoms with Gasteiger partial charge in [-0.2, -0.15) is 4.31 Å². The van der Waals surface area contributed by atoms with Gasteiger partial charge in [-0.1, -0.05) is 0 Å². The molecule has 2 heterocycles. The first kappa shape index (κ1) is 16.0. The maximum atomic E-state index is 12.6. The quantitative estimate of drug-likeness (QED) is 0.867. The number of piperidine rings is 1. The molecule has 0 radical (unpaired) electrons. The predicted octanol–water partition coefficient (Wildman–Crippen LogP) is 1.22. The van der Waals surface area contributed by atoms with Crippen LogP contribution in [-0.4, -0.2) is 50.8 Å². The van der Waals surface area contributed by atoms with E-state index in [9.17, 15) is 8.42 Å². The third-order valence-electron chi connectivity index (χ3n) is 3.77. The Balaban J connectivity index is 2.22. The smallest absolute Gasteiger partial charge is 0.247 e. The van der Waals surface area contributed by atoms with Crippen LogP contribution >= 0.6 is 15.9 Å². The van der Waals surface area contributed by atoms with Crippen LogP contribution in [0.4, 0.5) is 0 Å². The monoisotopic (exact) mass is 365 g/mol. The van der Waals surface area contributed by atoms with Gasteiger partial charge in [0, 0.05) is 19.2 Å². The zero-order chi connectivity index (χ0) is 14.9. The van der Waals surface area contributed by atoms with Crippen LogP contribution in [0.2, 0.25) is 0 Å². The van der Waals surface area contributed by atoms with Gasteiger partial charge in [0.15, 0.2) is 4.67 Å². The summed E-state index contributed by atoms with van der Waals surface area (Å²) in [6.07, 6.45) is 1.68. The Hall–Kier alpha value is -0.410. The molecule has 1 saturated heterocycles. The second-order valence-corrected chi connectivity index (χ2v) is 7.80. The minimum absolute atomic E-state index is 0.0272. The van der Waals surface area contributed by atoms with E-state index >= 15 is 0 Å². The lowest BCUT2D eigenvalue weighted by molar-refractivity contribution is 0.197. The Labute approximate surface area is 128 Å². The molecule has 0 aliphatic carbocycles. The van der Waals surface area contributed by atoms with E-state index in [0.717, 1.165) is 25.9 Å². The van der Waals surface area contributed by atoms with E-state index in [1.54, 1.807) is 7.05 Å². The molecule has 0 bridgehead atoms. The van der Waals surface area contributed by atoms with Crippen molar-refractivity contribution in [1.29, 1.82) is 0 Å². The van der Waals surface area contributed by atoms with Gasteiger partial charge in [-0.15, -0.1) is 0 Å². The van der Waals surface area contributed by atoms with Crippen LogP contribution in [0.25, 0.3) is 0 Å². The van der Waals surface area contributed by atoms with Crippen molar-refractivity contribution in [3.8, 4) is 0 Å². The maximum absolute atomic E-state index is 12.6. The number of likely N-dealkylation sites (tertiary alicyclic amines) is 1. The SMILES string of the molecule is CN1CCC(N(C)S(=O)(=O)c2cc(CN)oc2Br)CC1. The highest BCUT2D eigenvalue weighted by molar-refractivity contribution is 9.10. The van der Waals surface area contributed by atoms with E-state index in [4.69, 9.17) is 10.2 Å². The van der Waals surface area contributed by atoms with Crippen molar-refractivity contribution in [2.75, 3.05) is 27.2 Å². The van der Waals surface area contributed by atoms with E-state index in [0.29, 0.717) is 5.76 Å². The van der Waals surface area contributed by atoms with Crippen molar-refractivity contribution < 1.29 is 12.8 Å². The Morgan fingerprint density at radius 1 is 1.50 bits per heavy atom. The first-order valence-corrected chi connectivity index (χ1v) is 8.74. The van der Waals surface area contributed by atoms with Crippen LogP contribution < -0.4 is 5.73 Å². The van der Waals surface area contributed by atoms with Crippen molar-refractivity contribution in [1.82, 2.24) is 9.21 Å². The second-order valence-electron chi connectivity index (χ2n) is 5.11. The summed E-state index contributed by atoms with van der Waals surface area (Å²) < 4.78 is 32.2. The molecule has 0 unspecified atom stereocenters. The highest BCUT2D eigenvalue weighted by Gasteiger charge is 2.33. The van der Waals surface area contributed by atoms with E-state index in [-0.39, 0.29) is 22.2 Å². The van der Waals surface area contributed by atoms with Gasteiger partial charge in [-0.25, -0.2) is 8.42 Å². The molecule has 8 heteroatoms. The molecule has 114 valence electrons. The van der Waals surface area contributed by atoms with Gasteiger partial charge in [-0.3, -0.25) is 0 Å². The number of hydrogen-bond donors (Lipinski definition) is 1. The largest absolute Gasteiger partial charge is 0.452 e. The molecule has 0 spiro atoms. The van der Waals surface area contributed by atoms with Crippen LogP contribution in [0.15, 0.2) is 20.0 Å². The minimum atomic E-state index is -3.56. The molecule has 20 heavy (non-hydrogen) atoms. The molecule has 0 aromatic carbocycles. The number of rotatable bonds is 4. The molecular weight excluding hydrogens is 346 g/mol. The number of nitrogens with zero attached hydrogens (tertiary/aromatic N) is 2. The first-order chi connectivity index (χ1) is 9.36. The third-order valence-corrected chi connectivity index (χ3v) is 6.53. The molecule has 1 aromatic rings.